The third kappa shape index (κ3) is 3.33. The molecule has 1 atom stereocenters. The first-order valence-electron chi connectivity index (χ1n) is 5.58. The molecule has 17 heavy (non-hydrogen) atoms. The van der Waals surface area contributed by atoms with Crippen LogP contribution in [0.2, 0.25) is 5.02 Å². The van der Waals surface area contributed by atoms with Gasteiger partial charge in [-0.15, -0.1) is 0 Å². The minimum atomic E-state index is 0.0809. The molecule has 0 heterocycles. The van der Waals surface area contributed by atoms with E-state index in [1.54, 1.807) is 12.1 Å². The van der Waals surface area contributed by atoms with E-state index in [0.717, 1.165) is 29.4 Å². The van der Waals surface area contributed by atoms with Crippen molar-refractivity contribution in [3.8, 4) is 0 Å². The topological polar surface area (TPSA) is 29.1 Å². The quantitative estimate of drug-likeness (QED) is 0.806. The average molecular weight is 315 g/mol. The summed E-state index contributed by atoms with van der Waals surface area (Å²) in [6, 6.07) is 5.35. The first-order chi connectivity index (χ1) is 8.16. The van der Waals surface area contributed by atoms with E-state index in [1.165, 1.54) is 0 Å². The number of rotatable bonds is 2. The lowest BCUT2D eigenvalue weighted by atomic mass is 9.93. The molecule has 2 rings (SSSR count). The van der Waals surface area contributed by atoms with Gasteiger partial charge in [0.15, 0.2) is 0 Å². The van der Waals surface area contributed by atoms with Gasteiger partial charge in [-0.25, -0.2) is 0 Å². The van der Waals surface area contributed by atoms with Crippen LogP contribution in [0.3, 0.4) is 0 Å². The number of benzene rings is 1. The van der Waals surface area contributed by atoms with Crippen molar-refractivity contribution in [1.82, 2.24) is 0 Å². The van der Waals surface area contributed by atoms with Gasteiger partial charge in [0.1, 0.15) is 0 Å². The molecule has 4 heteroatoms. The number of hydrogen-bond acceptors (Lipinski definition) is 1. The van der Waals surface area contributed by atoms with Crippen molar-refractivity contribution in [2.75, 3.05) is 5.32 Å². The van der Waals surface area contributed by atoms with Gasteiger partial charge in [0.2, 0.25) is 5.91 Å². The van der Waals surface area contributed by atoms with E-state index in [1.807, 2.05) is 6.07 Å². The van der Waals surface area contributed by atoms with Crippen molar-refractivity contribution in [2.24, 2.45) is 5.92 Å². The van der Waals surface area contributed by atoms with Gasteiger partial charge in [0, 0.05) is 15.4 Å². The third-order valence-electron chi connectivity index (χ3n) is 2.83. The number of carbonyl (C=O) groups is 1. The maximum atomic E-state index is 12.0. The number of nitrogens with one attached hydrogen (secondary N) is 1. The molecule has 0 saturated carbocycles. The summed E-state index contributed by atoms with van der Waals surface area (Å²) in [5.74, 6) is 0.167. The zero-order chi connectivity index (χ0) is 12.3. The van der Waals surface area contributed by atoms with Gasteiger partial charge in [-0.2, -0.15) is 0 Å². The molecule has 1 N–H and O–H groups in total. The minimum absolute atomic E-state index is 0.0809. The lowest BCUT2D eigenvalue weighted by Crippen LogP contribution is -2.23. The lowest BCUT2D eigenvalue weighted by Gasteiger charge is -2.17. The zero-order valence-corrected chi connectivity index (χ0v) is 11.6. The highest BCUT2D eigenvalue weighted by Crippen LogP contribution is 2.27. The van der Waals surface area contributed by atoms with Crippen LogP contribution in [0.15, 0.2) is 34.8 Å². The second-order valence-corrected chi connectivity index (χ2v) is 5.39. The first-order valence-corrected chi connectivity index (χ1v) is 6.75. The Bertz CT molecular complexity index is 459. The highest BCUT2D eigenvalue weighted by atomic mass is 79.9. The van der Waals surface area contributed by atoms with Crippen LogP contribution in [-0.4, -0.2) is 5.91 Å². The molecule has 2 nitrogen and oxygen atoms in total. The monoisotopic (exact) mass is 313 g/mol. The van der Waals surface area contributed by atoms with Crippen LogP contribution in [0.4, 0.5) is 5.69 Å². The van der Waals surface area contributed by atoms with Crippen molar-refractivity contribution in [3.05, 3.63) is 39.8 Å². The molecule has 1 aliphatic carbocycles. The Morgan fingerprint density at radius 1 is 1.41 bits per heavy atom. The number of allylic oxidation sites excluding steroid dienone is 2. The molecule has 1 aliphatic rings. The van der Waals surface area contributed by atoms with Gasteiger partial charge in [-0.05, 0) is 53.4 Å². The van der Waals surface area contributed by atoms with Gasteiger partial charge >= 0.3 is 0 Å². The Morgan fingerprint density at radius 2 is 2.24 bits per heavy atom. The van der Waals surface area contributed by atoms with E-state index < -0.39 is 0 Å². The van der Waals surface area contributed by atoms with Gasteiger partial charge in [0.25, 0.3) is 0 Å². The fourth-order valence-corrected chi connectivity index (χ4v) is 2.64. The number of hydrogen-bond donors (Lipinski definition) is 1. The van der Waals surface area contributed by atoms with Gasteiger partial charge in [-0.1, -0.05) is 23.8 Å². The summed E-state index contributed by atoms with van der Waals surface area (Å²) >= 11 is 9.24. The molecule has 0 bridgehead atoms. The van der Waals surface area contributed by atoms with E-state index in [-0.39, 0.29) is 11.8 Å². The third-order valence-corrected chi connectivity index (χ3v) is 3.72. The molecular formula is C13H13BrClNO. The summed E-state index contributed by atoms with van der Waals surface area (Å²) in [6.45, 7) is 0. The van der Waals surface area contributed by atoms with Crippen LogP contribution in [-0.2, 0) is 4.79 Å². The summed E-state index contributed by atoms with van der Waals surface area (Å²) in [4.78, 5) is 12.0. The Balaban J connectivity index is 2.05. The smallest absolute Gasteiger partial charge is 0.227 e. The molecule has 0 spiro atoms. The second-order valence-electron chi connectivity index (χ2n) is 4.09. The highest BCUT2D eigenvalue weighted by molar-refractivity contribution is 9.10. The van der Waals surface area contributed by atoms with Crippen LogP contribution in [0.5, 0.6) is 0 Å². The van der Waals surface area contributed by atoms with E-state index >= 15 is 0 Å². The maximum absolute atomic E-state index is 12.0. The van der Waals surface area contributed by atoms with Crippen molar-refractivity contribution >= 4 is 39.1 Å². The Kier molecular flexibility index (Phi) is 4.24. The Hall–Kier alpha value is -0.800. The van der Waals surface area contributed by atoms with Gasteiger partial charge in [0.05, 0.1) is 5.69 Å². The molecule has 1 unspecified atom stereocenters. The van der Waals surface area contributed by atoms with Crippen LogP contribution in [0.1, 0.15) is 19.3 Å². The molecule has 0 aliphatic heterocycles. The van der Waals surface area contributed by atoms with Crippen molar-refractivity contribution < 1.29 is 4.79 Å². The largest absolute Gasteiger partial charge is 0.325 e. The minimum Gasteiger partial charge on any atom is -0.325 e. The van der Waals surface area contributed by atoms with E-state index in [9.17, 15) is 4.79 Å². The fourth-order valence-electron chi connectivity index (χ4n) is 1.86. The fraction of sp³-hybridized carbons (Fsp3) is 0.308. The van der Waals surface area contributed by atoms with Crippen LogP contribution >= 0.6 is 27.5 Å². The molecule has 1 aromatic rings. The number of carbonyl (C=O) groups excluding carboxylic acids is 1. The lowest BCUT2D eigenvalue weighted by molar-refractivity contribution is -0.120. The highest BCUT2D eigenvalue weighted by Gasteiger charge is 2.19. The summed E-state index contributed by atoms with van der Waals surface area (Å²) < 4.78 is 0.810. The SMILES string of the molecule is O=C(Nc1ccc(Cl)cc1Br)C1CC=CCC1. The molecule has 1 aromatic carbocycles. The summed E-state index contributed by atoms with van der Waals surface area (Å²) in [5.41, 5.74) is 0.772. The van der Waals surface area contributed by atoms with Crippen LogP contribution in [0, 0.1) is 5.92 Å². The van der Waals surface area contributed by atoms with Crippen LogP contribution < -0.4 is 5.32 Å². The Morgan fingerprint density at radius 3 is 2.88 bits per heavy atom. The van der Waals surface area contributed by atoms with Crippen molar-refractivity contribution in [1.29, 1.82) is 0 Å². The molecule has 1 amide bonds. The Labute approximate surface area is 114 Å². The second kappa shape index (κ2) is 5.69. The summed E-state index contributed by atoms with van der Waals surface area (Å²) in [7, 11) is 0. The van der Waals surface area contributed by atoms with Crippen molar-refractivity contribution in [3.63, 3.8) is 0 Å². The van der Waals surface area contributed by atoms with Crippen LogP contribution in [0.25, 0.3) is 0 Å². The van der Waals surface area contributed by atoms with Crippen molar-refractivity contribution in [2.45, 2.75) is 19.3 Å². The average Bonchev–Trinajstić information content (AvgIpc) is 2.34. The molecular weight excluding hydrogens is 302 g/mol. The molecule has 90 valence electrons. The normalized spacial score (nSPS) is 19.1. The molecule has 0 radical (unpaired) electrons. The molecule has 0 aromatic heterocycles. The first kappa shape index (κ1) is 12.7. The van der Waals surface area contributed by atoms with Gasteiger partial charge < -0.3 is 5.32 Å². The van der Waals surface area contributed by atoms with E-state index in [0.29, 0.717) is 5.02 Å². The number of halogens is 2. The standard InChI is InChI=1S/C13H13BrClNO/c14-11-8-10(15)6-7-12(11)16-13(17)9-4-2-1-3-5-9/h1-2,6-9H,3-5H2,(H,16,17). The number of amides is 1. The van der Waals surface area contributed by atoms with Gasteiger partial charge in [-0.3, -0.25) is 4.79 Å². The van der Waals surface area contributed by atoms with E-state index in [2.05, 4.69) is 33.4 Å². The summed E-state index contributed by atoms with van der Waals surface area (Å²) in [5, 5.41) is 3.58. The number of anilines is 1. The van der Waals surface area contributed by atoms with E-state index in [4.69, 9.17) is 11.6 Å². The molecule has 0 saturated heterocycles. The zero-order valence-electron chi connectivity index (χ0n) is 9.25. The summed E-state index contributed by atoms with van der Waals surface area (Å²) in [6.07, 6.45) is 6.94. The predicted octanol–water partition coefficient (Wildman–Crippen LogP) is 4.40. The predicted molar refractivity (Wildman–Crippen MR) is 74.3 cm³/mol. The molecule has 0 fully saturated rings. The maximum Gasteiger partial charge on any atom is 0.227 e.